The highest BCUT2D eigenvalue weighted by Gasteiger charge is 2.15. The Labute approximate surface area is 132 Å². The van der Waals surface area contributed by atoms with Gasteiger partial charge < -0.3 is 10.1 Å². The van der Waals surface area contributed by atoms with E-state index in [-0.39, 0.29) is 5.91 Å². The first-order valence-corrected chi connectivity index (χ1v) is 7.63. The normalized spacial score (nSPS) is 11.8. The van der Waals surface area contributed by atoms with Crippen LogP contribution in [0.15, 0.2) is 42.5 Å². The van der Waals surface area contributed by atoms with Crippen LogP contribution in [0.2, 0.25) is 0 Å². The molecule has 3 nitrogen and oxygen atoms in total. The fourth-order valence-corrected chi connectivity index (χ4v) is 2.17. The SMILES string of the molecule is CCc1ccc(O[C@@H](C)C(=O)Nc2cc(C)ccc2C)cc1. The summed E-state index contributed by atoms with van der Waals surface area (Å²) in [5.74, 6) is 0.564. The van der Waals surface area contributed by atoms with E-state index in [0.717, 1.165) is 23.2 Å². The summed E-state index contributed by atoms with van der Waals surface area (Å²) < 4.78 is 5.71. The molecule has 0 heterocycles. The minimum Gasteiger partial charge on any atom is -0.481 e. The summed E-state index contributed by atoms with van der Waals surface area (Å²) in [6, 6.07) is 13.8. The Morgan fingerprint density at radius 2 is 1.82 bits per heavy atom. The Morgan fingerprint density at radius 3 is 2.45 bits per heavy atom. The molecular formula is C19H23NO2. The average Bonchev–Trinajstić information content (AvgIpc) is 2.51. The van der Waals surface area contributed by atoms with Gasteiger partial charge in [-0.15, -0.1) is 0 Å². The predicted molar refractivity (Wildman–Crippen MR) is 90.5 cm³/mol. The molecule has 2 aromatic rings. The number of carbonyl (C=O) groups is 1. The van der Waals surface area contributed by atoms with E-state index >= 15 is 0 Å². The van der Waals surface area contributed by atoms with Crippen LogP contribution in [0.4, 0.5) is 5.69 Å². The highest BCUT2D eigenvalue weighted by atomic mass is 16.5. The van der Waals surface area contributed by atoms with Crippen LogP contribution in [0.1, 0.15) is 30.5 Å². The van der Waals surface area contributed by atoms with E-state index in [1.54, 1.807) is 6.92 Å². The van der Waals surface area contributed by atoms with Gasteiger partial charge in [0.2, 0.25) is 0 Å². The van der Waals surface area contributed by atoms with Gasteiger partial charge in [0.1, 0.15) is 5.75 Å². The van der Waals surface area contributed by atoms with Gasteiger partial charge in [-0.05, 0) is 62.1 Å². The average molecular weight is 297 g/mol. The Hall–Kier alpha value is -2.29. The predicted octanol–water partition coefficient (Wildman–Crippen LogP) is 4.27. The summed E-state index contributed by atoms with van der Waals surface area (Å²) in [5.41, 5.74) is 4.24. The van der Waals surface area contributed by atoms with E-state index in [9.17, 15) is 4.79 Å². The molecule has 1 amide bonds. The first kappa shape index (κ1) is 16.1. The van der Waals surface area contributed by atoms with Gasteiger partial charge in [-0.1, -0.05) is 31.2 Å². The van der Waals surface area contributed by atoms with Gasteiger partial charge in [-0.25, -0.2) is 0 Å². The molecule has 0 aliphatic heterocycles. The molecule has 0 saturated carbocycles. The second kappa shape index (κ2) is 7.12. The van der Waals surface area contributed by atoms with Crippen molar-refractivity contribution in [3.8, 4) is 5.75 Å². The number of nitrogens with one attached hydrogen (secondary N) is 1. The van der Waals surface area contributed by atoms with E-state index in [1.807, 2.05) is 56.3 Å². The van der Waals surface area contributed by atoms with E-state index in [1.165, 1.54) is 5.56 Å². The zero-order valence-electron chi connectivity index (χ0n) is 13.6. The molecule has 0 bridgehead atoms. The molecular weight excluding hydrogens is 274 g/mol. The van der Waals surface area contributed by atoms with Crippen LogP contribution < -0.4 is 10.1 Å². The lowest BCUT2D eigenvalue weighted by molar-refractivity contribution is -0.122. The van der Waals surface area contributed by atoms with Crippen LogP contribution >= 0.6 is 0 Å². The van der Waals surface area contributed by atoms with Crippen molar-refractivity contribution in [2.24, 2.45) is 0 Å². The van der Waals surface area contributed by atoms with Crippen molar-refractivity contribution in [3.63, 3.8) is 0 Å². The number of hydrogen-bond acceptors (Lipinski definition) is 2. The van der Waals surface area contributed by atoms with Crippen LogP contribution in [0.25, 0.3) is 0 Å². The molecule has 0 aliphatic carbocycles. The number of amides is 1. The first-order valence-electron chi connectivity index (χ1n) is 7.63. The lowest BCUT2D eigenvalue weighted by Gasteiger charge is -2.16. The molecule has 2 rings (SSSR count). The van der Waals surface area contributed by atoms with E-state index in [0.29, 0.717) is 5.75 Å². The van der Waals surface area contributed by atoms with Crippen molar-refractivity contribution in [2.45, 2.75) is 40.2 Å². The van der Waals surface area contributed by atoms with E-state index in [4.69, 9.17) is 4.74 Å². The van der Waals surface area contributed by atoms with Crippen molar-refractivity contribution in [1.82, 2.24) is 0 Å². The number of rotatable bonds is 5. The first-order chi connectivity index (χ1) is 10.5. The minimum absolute atomic E-state index is 0.145. The molecule has 0 fully saturated rings. The Balaban J connectivity index is 2.00. The molecule has 1 N–H and O–H groups in total. The van der Waals surface area contributed by atoms with Crippen LogP contribution in [0, 0.1) is 13.8 Å². The monoisotopic (exact) mass is 297 g/mol. The second-order valence-corrected chi connectivity index (χ2v) is 5.57. The van der Waals surface area contributed by atoms with Crippen LogP contribution in [-0.2, 0) is 11.2 Å². The highest BCUT2D eigenvalue weighted by molar-refractivity contribution is 5.94. The summed E-state index contributed by atoms with van der Waals surface area (Å²) in [4.78, 5) is 12.3. The van der Waals surface area contributed by atoms with Crippen LogP contribution in [0.3, 0.4) is 0 Å². The lowest BCUT2D eigenvalue weighted by atomic mass is 10.1. The van der Waals surface area contributed by atoms with Gasteiger partial charge in [0.25, 0.3) is 5.91 Å². The molecule has 0 unspecified atom stereocenters. The Kier molecular flexibility index (Phi) is 5.21. The summed E-state index contributed by atoms with van der Waals surface area (Å²) in [5, 5.41) is 2.93. The molecule has 0 radical (unpaired) electrons. The quantitative estimate of drug-likeness (QED) is 0.895. The highest BCUT2D eigenvalue weighted by Crippen LogP contribution is 2.18. The fraction of sp³-hybridized carbons (Fsp3) is 0.316. The topological polar surface area (TPSA) is 38.3 Å². The summed E-state index contributed by atoms with van der Waals surface area (Å²) in [6.07, 6.45) is 0.440. The summed E-state index contributed by atoms with van der Waals surface area (Å²) >= 11 is 0. The molecule has 0 spiro atoms. The number of carbonyl (C=O) groups excluding carboxylic acids is 1. The molecule has 0 aliphatic rings. The van der Waals surface area contributed by atoms with Crippen molar-refractivity contribution in [1.29, 1.82) is 0 Å². The molecule has 0 saturated heterocycles. The van der Waals surface area contributed by atoms with Gasteiger partial charge in [-0.2, -0.15) is 0 Å². The molecule has 3 heteroatoms. The number of aryl methyl sites for hydroxylation is 3. The molecule has 116 valence electrons. The van der Waals surface area contributed by atoms with Crippen molar-refractivity contribution in [3.05, 3.63) is 59.2 Å². The number of anilines is 1. The Morgan fingerprint density at radius 1 is 1.14 bits per heavy atom. The standard InChI is InChI=1S/C19H23NO2/c1-5-16-8-10-17(11-9-16)22-15(4)19(21)20-18-12-13(2)6-7-14(18)3/h6-12,15H,5H2,1-4H3,(H,20,21)/t15-/m0/s1. The lowest BCUT2D eigenvalue weighted by Crippen LogP contribution is -2.30. The zero-order valence-corrected chi connectivity index (χ0v) is 13.6. The fourth-order valence-electron chi connectivity index (χ4n) is 2.17. The largest absolute Gasteiger partial charge is 0.481 e. The number of benzene rings is 2. The third-order valence-corrected chi connectivity index (χ3v) is 3.66. The Bertz CT molecular complexity index is 647. The number of ether oxygens (including phenoxy) is 1. The van der Waals surface area contributed by atoms with Crippen molar-refractivity contribution < 1.29 is 9.53 Å². The third-order valence-electron chi connectivity index (χ3n) is 3.66. The maximum absolute atomic E-state index is 12.3. The zero-order chi connectivity index (χ0) is 16.1. The molecule has 1 atom stereocenters. The van der Waals surface area contributed by atoms with Gasteiger partial charge in [0, 0.05) is 5.69 Å². The number of hydrogen-bond donors (Lipinski definition) is 1. The molecule has 0 aromatic heterocycles. The third kappa shape index (κ3) is 4.10. The van der Waals surface area contributed by atoms with Gasteiger partial charge in [0.15, 0.2) is 6.10 Å². The smallest absolute Gasteiger partial charge is 0.265 e. The minimum atomic E-state index is -0.549. The van der Waals surface area contributed by atoms with Crippen molar-refractivity contribution in [2.75, 3.05) is 5.32 Å². The van der Waals surface area contributed by atoms with E-state index in [2.05, 4.69) is 12.2 Å². The van der Waals surface area contributed by atoms with Crippen molar-refractivity contribution >= 4 is 11.6 Å². The molecule has 22 heavy (non-hydrogen) atoms. The maximum atomic E-state index is 12.3. The maximum Gasteiger partial charge on any atom is 0.265 e. The van der Waals surface area contributed by atoms with Crippen LogP contribution in [-0.4, -0.2) is 12.0 Å². The van der Waals surface area contributed by atoms with Crippen LogP contribution in [0.5, 0.6) is 5.75 Å². The second-order valence-electron chi connectivity index (χ2n) is 5.57. The van der Waals surface area contributed by atoms with Gasteiger partial charge in [-0.3, -0.25) is 4.79 Å². The van der Waals surface area contributed by atoms with E-state index < -0.39 is 6.10 Å². The summed E-state index contributed by atoms with van der Waals surface area (Å²) in [7, 11) is 0. The van der Waals surface area contributed by atoms with Gasteiger partial charge in [0.05, 0.1) is 0 Å². The molecule has 2 aromatic carbocycles. The van der Waals surface area contributed by atoms with Gasteiger partial charge >= 0.3 is 0 Å². The summed E-state index contributed by atoms with van der Waals surface area (Å²) in [6.45, 7) is 7.85.